The molecular weight excluding hydrogens is 410 g/mol. The van der Waals surface area contributed by atoms with Gasteiger partial charge in [0, 0.05) is 28.0 Å². The number of carbonyl (C=O) groups excluding carboxylic acids is 2. The molecule has 2 heterocycles. The molecule has 2 amide bonds. The number of hydrogen-bond acceptors (Lipinski definition) is 5. The molecular formula is C24H23N3O3S. The second-order valence-electron chi connectivity index (χ2n) is 7.75. The lowest BCUT2D eigenvalue weighted by atomic mass is 10.0. The lowest BCUT2D eigenvalue weighted by Crippen LogP contribution is -2.30. The van der Waals surface area contributed by atoms with Gasteiger partial charge in [0.05, 0.1) is 6.54 Å². The maximum Gasteiger partial charge on any atom is 0.267 e. The van der Waals surface area contributed by atoms with Crippen LogP contribution in [0.3, 0.4) is 0 Å². The van der Waals surface area contributed by atoms with Gasteiger partial charge in [0.2, 0.25) is 0 Å². The highest BCUT2D eigenvalue weighted by Crippen LogP contribution is 2.31. The van der Waals surface area contributed by atoms with Crippen LogP contribution in [0, 0.1) is 6.92 Å². The summed E-state index contributed by atoms with van der Waals surface area (Å²) in [5.74, 6) is -1.17. The Morgan fingerprint density at radius 2 is 1.97 bits per heavy atom. The Kier molecular flexibility index (Phi) is 5.61. The summed E-state index contributed by atoms with van der Waals surface area (Å²) in [6, 6.07) is 14.8. The summed E-state index contributed by atoms with van der Waals surface area (Å²) >= 11 is 1.53. The largest absolute Gasteiger partial charge is 0.509 e. The van der Waals surface area contributed by atoms with Gasteiger partial charge in [-0.2, -0.15) is 0 Å². The summed E-state index contributed by atoms with van der Waals surface area (Å²) < 4.78 is 0. The highest BCUT2D eigenvalue weighted by molar-refractivity contribution is 7.13. The van der Waals surface area contributed by atoms with Crippen molar-refractivity contribution in [2.75, 3.05) is 16.8 Å². The molecule has 1 aromatic heterocycles. The van der Waals surface area contributed by atoms with Crippen LogP contribution in [0.25, 0.3) is 10.6 Å². The van der Waals surface area contributed by atoms with E-state index in [1.165, 1.54) is 16.2 Å². The van der Waals surface area contributed by atoms with Gasteiger partial charge in [0.25, 0.3) is 11.8 Å². The van der Waals surface area contributed by atoms with E-state index in [4.69, 9.17) is 0 Å². The van der Waals surface area contributed by atoms with E-state index in [1.54, 1.807) is 12.1 Å². The maximum atomic E-state index is 13.1. The van der Waals surface area contributed by atoms with E-state index in [-0.39, 0.29) is 23.8 Å². The molecule has 0 saturated carbocycles. The van der Waals surface area contributed by atoms with Gasteiger partial charge in [-0.1, -0.05) is 44.2 Å². The van der Waals surface area contributed by atoms with Crippen molar-refractivity contribution in [2.45, 2.75) is 26.7 Å². The minimum absolute atomic E-state index is 0.0479. The van der Waals surface area contributed by atoms with Crippen molar-refractivity contribution in [3.63, 3.8) is 0 Å². The second-order valence-corrected chi connectivity index (χ2v) is 8.61. The van der Waals surface area contributed by atoms with Gasteiger partial charge in [-0.25, -0.2) is 4.98 Å². The summed E-state index contributed by atoms with van der Waals surface area (Å²) in [6.45, 7) is 5.94. The summed E-state index contributed by atoms with van der Waals surface area (Å²) in [5, 5.41) is 16.1. The number of rotatable bonds is 5. The van der Waals surface area contributed by atoms with E-state index in [0.717, 1.165) is 21.8 Å². The van der Waals surface area contributed by atoms with Gasteiger partial charge < -0.3 is 15.3 Å². The zero-order chi connectivity index (χ0) is 22.1. The van der Waals surface area contributed by atoms with E-state index in [1.807, 2.05) is 62.5 Å². The number of aliphatic hydroxyl groups is 1. The molecule has 1 aliphatic heterocycles. The van der Waals surface area contributed by atoms with Crippen LogP contribution in [-0.4, -0.2) is 28.4 Å². The van der Waals surface area contributed by atoms with Crippen LogP contribution in [0.2, 0.25) is 0 Å². The first-order valence-corrected chi connectivity index (χ1v) is 10.9. The first kappa shape index (κ1) is 20.8. The molecule has 0 spiro atoms. The molecule has 0 bridgehead atoms. The van der Waals surface area contributed by atoms with E-state index in [9.17, 15) is 14.7 Å². The standard InChI is InChI=1S/C24H23N3O3S/c1-14(2)18-9-4-5-10-19(18)26-22(29)21-20(28)12-27(24(21)30)17-8-6-7-16(11-17)23-25-15(3)13-31-23/h4-11,13-14,28H,12H2,1-3H3,(H,26,29). The molecule has 2 aromatic carbocycles. The number of aliphatic hydroxyl groups excluding tert-OH is 1. The zero-order valence-corrected chi connectivity index (χ0v) is 18.4. The quantitative estimate of drug-likeness (QED) is 0.552. The smallest absolute Gasteiger partial charge is 0.267 e. The summed E-state index contributed by atoms with van der Waals surface area (Å²) in [4.78, 5) is 31.8. The highest BCUT2D eigenvalue weighted by Gasteiger charge is 2.36. The number of hydrogen-bond donors (Lipinski definition) is 2. The molecule has 0 radical (unpaired) electrons. The Morgan fingerprint density at radius 3 is 2.68 bits per heavy atom. The van der Waals surface area contributed by atoms with Gasteiger partial charge >= 0.3 is 0 Å². The normalized spacial score (nSPS) is 13.9. The van der Waals surface area contributed by atoms with Crippen molar-refractivity contribution in [3.8, 4) is 10.6 Å². The third-order valence-corrected chi connectivity index (χ3v) is 6.15. The number of aryl methyl sites for hydroxylation is 1. The van der Waals surface area contributed by atoms with Crippen LogP contribution in [0.5, 0.6) is 0 Å². The molecule has 158 valence electrons. The van der Waals surface area contributed by atoms with Crippen molar-refractivity contribution in [1.29, 1.82) is 0 Å². The van der Waals surface area contributed by atoms with Gasteiger partial charge in [0.1, 0.15) is 16.3 Å². The van der Waals surface area contributed by atoms with Gasteiger partial charge in [0.15, 0.2) is 0 Å². The summed E-state index contributed by atoms with van der Waals surface area (Å²) in [5.41, 5.74) is 3.79. The van der Waals surface area contributed by atoms with Crippen molar-refractivity contribution in [3.05, 3.63) is 76.5 Å². The van der Waals surface area contributed by atoms with Crippen LogP contribution in [0.1, 0.15) is 31.0 Å². The fourth-order valence-corrected chi connectivity index (χ4v) is 4.38. The fourth-order valence-electron chi connectivity index (χ4n) is 3.59. The fraction of sp³-hybridized carbons (Fsp3) is 0.208. The molecule has 0 aliphatic carbocycles. The van der Waals surface area contributed by atoms with Crippen LogP contribution >= 0.6 is 11.3 Å². The lowest BCUT2D eigenvalue weighted by molar-refractivity contribution is -0.119. The summed E-state index contributed by atoms with van der Waals surface area (Å²) in [6.07, 6.45) is 0. The van der Waals surface area contributed by atoms with Crippen molar-refractivity contribution < 1.29 is 14.7 Å². The van der Waals surface area contributed by atoms with Crippen LogP contribution in [-0.2, 0) is 9.59 Å². The zero-order valence-electron chi connectivity index (χ0n) is 17.5. The Labute approximate surface area is 184 Å². The van der Waals surface area contributed by atoms with Gasteiger partial charge in [-0.15, -0.1) is 11.3 Å². The van der Waals surface area contributed by atoms with E-state index >= 15 is 0 Å². The molecule has 31 heavy (non-hydrogen) atoms. The van der Waals surface area contributed by atoms with E-state index in [0.29, 0.717) is 11.4 Å². The predicted octanol–water partition coefficient (Wildman–Crippen LogP) is 5.04. The SMILES string of the molecule is Cc1csc(-c2cccc(N3CC(O)=C(C(=O)Nc4ccccc4C(C)C)C3=O)c2)n1. The van der Waals surface area contributed by atoms with Crippen LogP contribution < -0.4 is 10.2 Å². The third-order valence-electron chi connectivity index (χ3n) is 5.14. The molecule has 2 N–H and O–H groups in total. The van der Waals surface area contributed by atoms with Crippen molar-refractivity contribution in [2.24, 2.45) is 0 Å². The molecule has 0 unspecified atom stereocenters. The molecule has 7 heteroatoms. The van der Waals surface area contributed by atoms with Crippen molar-refractivity contribution in [1.82, 2.24) is 4.98 Å². The number of thiazole rings is 1. The van der Waals surface area contributed by atoms with Crippen LogP contribution in [0.4, 0.5) is 11.4 Å². The number of benzene rings is 2. The molecule has 4 rings (SSSR count). The molecule has 3 aromatic rings. The third kappa shape index (κ3) is 4.09. The number of carbonyl (C=O) groups is 2. The predicted molar refractivity (Wildman–Crippen MR) is 123 cm³/mol. The molecule has 0 saturated heterocycles. The van der Waals surface area contributed by atoms with Gasteiger partial charge in [-0.3, -0.25) is 9.59 Å². The minimum atomic E-state index is -0.607. The molecule has 1 aliphatic rings. The number of amides is 2. The highest BCUT2D eigenvalue weighted by atomic mass is 32.1. The average molecular weight is 434 g/mol. The van der Waals surface area contributed by atoms with E-state index < -0.39 is 11.8 Å². The Hall–Kier alpha value is -3.45. The number of nitrogens with one attached hydrogen (secondary N) is 1. The van der Waals surface area contributed by atoms with Gasteiger partial charge in [-0.05, 0) is 36.6 Å². The second kappa shape index (κ2) is 8.35. The lowest BCUT2D eigenvalue weighted by Gasteiger charge is -2.17. The topological polar surface area (TPSA) is 82.5 Å². The first-order chi connectivity index (χ1) is 14.8. The number of aromatic nitrogens is 1. The number of nitrogens with zero attached hydrogens (tertiary/aromatic N) is 2. The Bertz CT molecular complexity index is 1200. The average Bonchev–Trinajstić information content (AvgIpc) is 3.31. The van der Waals surface area contributed by atoms with Crippen molar-refractivity contribution >= 4 is 34.5 Å². The minimum Gasteiger partial charge on any atom is -0.509 e. The van der Waals surface area contributed by atoms with E-state index in [2.05, 4.69) is 10.3 Å². The summed E-state index contributed by atoms with van der Waals surface area (Å²) in [7, 11) is 0. The number of para-hydroxylation sites is 1. The molecule has 0 atom stereocenters. The Morgan fingerprint density at radius 1 is 1.19 bits per heavy atom. The number of anilines is 2. The monoisotopic (exact) mass is 433 g/mol. The molecule has 6 nitrogen and oxygen atoms in total. The van der Waals surface area contributed by atoms with Crippen LogP contribution in [0.15, 0.2) is 65.2 Å². The molecule has 0 fully saturated rings. The first-order valence-electron chi connectivity index (χ1n) is 10.0. The maximum absolute atomic E-state index is 13.1. The Balaban J connectivity index is 1.57.